The third kappa shape index (κ3) is 3.09. The Hall–Kier alpha value is -2.84. The second-order valence-electron chi connectivity index (χ2n) is 6.19. The molecule has 2 fully saturated rings. The van der Waals surface area contributed by atoms with Crippen LogP contribution in [0.5, 0.6) is 0 Å². The van der Waals surface area contributed by atoms with Crippen LogP contribution in [0.3, 0.4) is 0 Å². The fraction of sp³-hybridized carbons (Fsp3) is 0.500. The molecule has 2 amide bonds. The summed E-state index contributed by atoms with van der Waals surface area (Å²) in [5.41, 5.74) is 0.815. The Kier molecular flexibility index (Phi) is 4.12. The van der Waals surface area contributed by atoms with E-state index in [9.17, 15) is 9.59 Å². The number of fused-ring (bicyclic) bond motifs is 1. The van der Waals surface area contributed by atoms with Crippen molar-refractivity contribution in [3.05, 3.63) is 18.6 Å². The molecular formula is C16H20N6O3. The van der Waals surface area contributed by atoms with Gasteiger partial charge in [-0.25, -0.2) is 14.8 Å². The van der Waals surface area contributed by atoms with Crippen molar-refractivity contribution in [2.45, 2.75) is 6.42 Å². The van der Waals surface area contributed by atoms with Crippen molar-refractivity contribution in [2.24, 2.45) is 0 Å². The fourth-order valence-electron chi connectivity index (χ4n) is 3.32. The van der Waals surface area contributed by atoms with Gasteiger partial charge in [0.2, 0.25) is 5.91 Å². The molecule has 0 aromatic carbocycles. The number of carbonyl (C=O) groups is 2. The molecule has 25 heavy (non-hydrogen) atoms. The van der Waals surface area contributed by atoms with Gasteiger partial charge in [-0.2, -0.15) is 0 Å². The third-order valence-electron chi connectivity index (χ3n) is 4.65. The number of rotatable bonds is 3. The Balaban J connectivity index is 1.42. The normalized spacial score (nSPS) is 18.6. The molecule has 2 aromatic rings. The topological polar surface area (TPSA) is 94.7 Å². The van der Waals surface area contributed by atoms with E-state index < -0.39 is 6.09 Å². The van der Waals surface area contributed by atoms with Crippen molar-refractivity contribution in [3.63, 3.8) is 0 Å². The molecule has 0 aliphatic carbocycles. The predicted molar refractivity (Wildman–Crippen MR) is 90.2 cm³/mol. The molecule has 2 saturated heterocycles. The maximum atomic E-state index is 12.5. The van der Waals surface area contributed by atoms with Crippen LogP contribution >= 0.6 is 0 Å². The van der Waals surface area contributed by atoms with Gasteiger partial charge in [-0.3, -0.25) is 9.69 Å². The number of aromatic amines is 1. The molecule has 9 nitrogen and oxygen atoms in total. The molecule has 132 valence electrons. The molecule has 4 heterocycles. The van der Waals surface area contributed by atoms with Gasteiger partial charge in [0.1, 0.15) is 30.9 Å². The monoisotopic (exact) mass is 344 g/mol. The minimum Gasteiger partial charge on any atom is -0.448 e. The summed E-state index contributed by atoms with van der Waals surface area (Å²) in [6.45, 7) is 3.75. The first kappa shape index (κ1) is 15.7. The highest BCUT2D eigenvalue weighted by Crippen LogP contribution is 2.23. The maximum absolute atomic E-state index is 12.5. The molecule has 0 bridgehead atoms. The molecule has 0 radical (unpaired) electrons. The highest BCUT2D eigenvalue weighted by molar-refractivity contribution is 5.87. The molecule has 2 aliphatic heterocycles. The Bertz CT molecular complexity index is 791. The quantitative estimate of drug-likeness (QED) is 0.869. The average Bonchev–Trinajstić information content (AvgIpc) is 3.17. The van der Waals surface area contributed by atoms with E-state index in [0.29, 0.717) is 32.8 Å². The Morgan fingerprint density at radius 1 is 1.20 bits per heavy atom. The highest BCUT2D eigenvalue weighted by Gasteiger charge is 2.27. The van der Waals surface area contributed by atoms with Gasteiger partial charge in [0.05, 0.1) is 11.9 Å². The van der Waals surface area contributed by atoms with E-state index in [0.717, 1.165) is 29.8 Å². The SMILES string of the molecule is O=C(CN1CCOC1=O)N1CCCN(c2ncnc3[nH]ccc23)CC1. The Morgan fingerprint density at radius 3 is 2.96 bits per heavy atom. The fourth-order valence-corrected chi connectivity index (χ4v) is 3.32. The molecule has 0 saturated carbocycles. The van der Waals surface area contributed by atoms with Crippen LogP contribution in [0.15, 0.2) is 18.6 Å². The third-order valence-corrected chi connectivity index (χ3v) is 4.65. The van der Waals surface area contributed by atoms with Crippen LogP contribution in [-0.4, -0.2) is 82.6 Å². The first-order valence-corrected chi connectivity index (χ1v) is 8.45. The highest BCUT2D eigenvalue weighted by atomic mass is 16.6. The van der Waals surface area contributed by atoms with E-state index in [1.165, 1.54) is 4.90 Å². The summed E-state index contributed by atoms with van der Waals surface area (Å²) in [5.74, 6) is 0.860. The lowest BCUT2D eigenvalue weighted by molar-refractivity contribution is -0.131. The van der Waals surface area contributed by atoms with Crippen LogP contribution in [0.2, 0.25) is 0 Å². The van der Waals surface area contributed by atoms with E-state index >= 15 is 0 Å². The number of nitrogens with zero attached hydrogens (tertiary/aromatic N) is 5. The van der Waals surface area contributed by atoms with Crippen molar-refractivity contribution in [2.75, 3.05) is 50.8 Å². The van der Waals surface area contributed by atoms with Gasteiger partial charge in [0.15, 0.2) is 0 Å². The molecule has 0 atom stereocenters. The standard InChI is InChI=1S/C16H20N6O3/c23-13(10-22-8-9-25-16(22)24)20-4-1-5-21(7-6-20)15-12-2-3-17-14(12)18-11-19-15/h2-3,11H,1,4-10H2,(H,17,18,19). The van der Waals surface area contributed by atoms with E-state index in [-0.39, 0.29) is 12.5 Å². The second kappa shape index (κ2) is 6.58. The molecular weight excluding hydrogens is 324 g/mol. The average molecular weight is 344 g/mol. The molecule has 2 aliphatic rings. The Labute approximate surface area is 144 Å². The number of H-pyrrole nitrogens is 1. The first-order chi connectivity index (χ1) is 12.2. The van der Waals surface area contributed by atoms with Gasteiger partial charge < -0.3 is 19.5 Å². The van der Waals surface area contributed by atoms with Gasteiger partial charge in [-0.05, 0) is 12.5 Å². The molecule has 2 aromatic heterocycles. The number of hydrogen-bond donors (Lipinski definition) is 1. The van der Waals surface area contributed by atoms with Gasteiger partial charge in [0, 0.05) is 32.4 Å². The maximum Gasteiger partial charge on any atom is 0.410 e. The minimum atomic E-state index is -0.402. The van der Waals surface area contributed by atoms with E-state index in [2.05, 4.69) is 19.9 Å². The van der Waals surface area contributed by atoms with Gasteiger partial charge in [0.25, 0.3) is 0 Å². The summed E-state index contributed by atoms with van der Waals surface area (Å²) in [5, 5.41) is 0.988. The smallest absolute Gasteiger partial charge is 0.410 e. The summed E-state index contributed by atoms with van der Waals surface area (Å²) in [4.78, 5) is 41.2. The zero-order chi connectivity index (χ0) is 17.2. The minimum absolute atomic E-state index is 0.0322. The Morgan fingerprint density at radius 2 is 2.12 bits per heavy atom. The lowest BCUT2D eigenvalue weighted by Gasteiger charge is -2.24. The van der Waals surface area contributed by atoms with E-state index in [4.69, 9.17) is 4.74 Å². The van der Waals surface area contributed by atoms with Crippen molar-refractivity contribution < 1.29 is 14.3 Å². The molecule has 9 heteroatoms. The van der Waals surface area contributed by atoms with Crippen LogP contribution in [0.1, 0.15) is 6.42 Å². The summed E-state index contributed by atoms with van der Waals surface area (Å²) in [6, 6.07) is 1.97. The van der Waals surface area contributed by atoms with Crippen molar-refractivity contribution >= 4 is 28.9 Å². The largest absolute Gasteiger partial charge is 0.448 e. The number of ether oxygens (including phenoxy) is 1. The zero-order valence-corrected chi connectivity index (χ0v) is 13.8. The lowest BCUT2D eigenvalue weighted by Crippen LogP contribution is -2.42. The number of hydrogen-bond acceptors (Lipinski definition) is 6. The summed E-state index contributed by atoms with van der Waals surface area (Å²) < 4.78 is 4.88. The summed E-state index contributed by atoms with van der Waals surface area (Å²) in [6.07, 6.45) is 3.86. The molecule has 0 spiro atoms. The van der Waals surface area contributed by atoms with Gasteiger partial charge in [-0.15, -0.1) is 0 Å². The van der Waals surface area contributed by atoms with Gasteiger partial charge in [-0.1, -0.05) is 0 Å². The van der Waals surface area contributed by atoms with Crippen LogP contribution in [-0.2, 0) is 9.53 Å². The summed E-state index contributed by atoms with van der Waals surface area (Å²) >= 11 is 0. The molecule has 0 unspecified atom stereocenters. The number of anilines is 1. The van der Waals surface area contributed by atoms with Crippen LogP contribution in [0.25, 0.3) is 11.0 Å². The molecule has 4 rings (SSSR count). The lowest BCUT2D eigenvalue weighted by atomic mass is 10.3. The van der Waals surface area contributed by atoms with Crippen molar-refractivity contribution in [1.29, 1.82) is 0 Å². The van der Waals surface area contributed by atoms with Crippen LogP contribution in [0.4, 0.5) is 10.6 Å². The van der Waals surface area contributed by atoms with Gasteiger partial charge >= 0.3 is 6.09 Å². The molecule has 1 N–H and O–H groups in total. The van der Waals surface area contributed by atoms with Crippen molar-refractivity contribution in [1.82, 2.24) is 24.8 Å². The van der Waals surface area contributed by atoms with E-state index in [1.807, 2.05) is 17.2 Å². The first-order valence-electron chi connectivity index (χ1n) is 8.45. The number of amides is 2. The number of carbonyl (C=O) groups excluding carboxylic acids is 2. The van der Waals surface area contributed by atoms with Crippen LogP contribution < -0.4 is 4.90 Å². The van der Waals surface area contributed by atoms with Crippen LogP contribution in [0, 0.1) is 0 Å². The van der Waals surface area contributed by atoms with Crippen molar-refractivity contribution in [3.8, 4) is 0 Å². The zero-order valence-electron chi connectivity index (χ0n) is 13.8. The van der Waals surface area contributed by atoms with E-state index in [1.54, 1.807) is 6.33 Å². The number of nitrogens with one attached hydrogen (secondary N) is 1. The second-order valence-corrected chi connectivity index (χ2v) is 6.19. The predicted octanol–water partition coefficient (Wildman–Crippen LogP) is 0.449. The number of aromatic nitrogens is 3. The summed E-state index contributed by atoms with van der Waals surface area (Å²) in [7, 11) is 0. The number of cyclic esters (lactones) is 1.